The van der Waals surface area contributed by atoms with E-state index in [4.69, 9.17) is 0 Å². The van der Waals surface area contributed by atoms with Crippen LogP contribution in [0.25, 0.3) is 0 Å². The van der Waals surface area contributed by atoms with Gasteiger partial charge in [0.1, 0.15) is 5.75 Å². The molecule has 0 aliphatic heterocycles. The third kappa shape index (κ3) is 5.90. The Bertz CT molecular complexity index is 828. The monoisotopic (exact) mass is 409 g/mol. The molecule has 0 amide bonds. The molecule has 0 spiro atoms. The first-order valence-corrected chi connectivity index (χ1v) is 11.9. The van der Waals surface area contributed by atoms with Crippen LogP contribution in [0.15, 0.2) is 52.9 Å². The molecule has 2 aromatic carbocycles. The first-order chi connectivity index (χ1) is 14.1. The second-order valence-electron chi connectivity index (χ2n) is 8.32. The van der Waals surface area contributed by atoms with Gasteiger partial charge in [-0.15, -0.1) is 0 Å². The molecule has 0 saturated carbocycles. The Balaban J connectivity index is 1.86. The van der Waals surface area contributed by atoms with Crippen LogP contribution in [0.5, 0.6) is 5.75 Å². The minimum atomic E-state index is 0.335. The van der Waals surface area contributed by atoms with Crippen LogP contribution in [0.2, 0.25) is 0 Å². The maximum atomic E-state index is 11.4. The van der Waals surface area contributed by atoms with Crippen molar-refractivity contribution in [3.63, 3.8) is 0 Å². The second kappa shape index (κ2) is 10.9. The van der Waals surface area contributed by atoms with Crippen molar-refractivity contribution in [2.45, 2.75) is 83.1 Å². The van der Waals surface area contributed by atoms with E-state index in [0.29, 0.717) is 11.7 Å². The van der Waals surface area contributed by atoms with Gasteiger partial charge in [0.05, 0.1) is 4.90 Å². The molecular weight excluding hydrogens is 374 g/mol. The molecule has 0 bridgehead atoms. The molecule has 2 aromatic rings. The van der Waals surface area contributed by atoms with E-state index in [9.17, 15) is 5.11 Å². The van der Waals surface area contributed by atoms with Crippen molar-refractivity contribution < 1.29 is 5.11 Å². The predicted octanol–water partition coefficient (Wildman–Crippen LogP) is 7.44. The summed E-state index contributed by atoms with van der Waals surface area (Å²) in [5, 5.41) is 11.4. The summed E-state index contributed by atoms with van der Waals surface area (Å²) in [6.45, 7) is 7.41. The smallest absolute Gasteiger partial charge is 0.134 e. The highest BCUT2D eigenvalue weighted by Crippen LogP contribution is 2.43. The maximum Gasteiger partial charge on any atom is 0.134 e. The number of hydrogen-bond acceptors (Lipinski definition) is 3. The van der Waals surface area contributed by atoms with Crippen LogP contribution >= 0.6 is 11.9 Å². The zero-order valence-corrected chi connectivity index (χ0v) is 18.9. The van der Waals surface area contributed by atoms with Crippen molar-refractivity contribution in [1.29, 1.82) is 0 Å². The third-order valence-corrected chi connectivity index (χ3v) is 6.81. The van der Waals surface area contributed by atoms with Crippen LogP contribution in [0, 0.1) is 6.92 Å². The summed E-state index contributed by atoms with van der Waals surface area (Å²) in [5.74, 6) is 0.833. The van der Waals surface area contributed by atoms with Crippen LogP contribution in [0.1, 0.15) is 80.5 Å². The standard InChI is InChI=1S/C26H35NOS/c1-4-5-7-14-23-17-20(3)24(22-15-10-11-19(2)16-22)25(28)26(23)29-27-18-21-12-8-6-9-13-21/h6,8-9,12-13,16-17,22,27-28H,4-5,7,10-11,14-15,18H2,1-3H3. The Labute approximate surface area is 181 Å². The number of unbranched alkanes of at least 4 members (excludes halogenated alkanes) is 2. The lowest BCUT2D eigenvalue weighted by molar-refractivity contribution is 0.445. The minimum Gasteiger partial charge on any atom is -0.506 e. The fourth-order valence-corrected chi connectivity index (χ4v) is 5.21. The van der Waals surface area contributed by atoms with Gasteiger partial charge in [-0.1, -0.05) is 67.8 Å². The van der Waals surface area contributed by atoms with Crippen molar-refractivity contribution in [2.24, 2.45) is 0 Å². The molecule has 0 aromatic heterocycles. The molecule has 2 nitrogen and oxygen atoms in total. The number of rotatable bonds is 9. The SMILES string of the molecule is CCCCCc1cc(C)c(C2C=C(C)CCC2)c(O)c1SNCc1ccccc1. The van der Waals surface area contributed by atoms with E-state index in [0.717, 1.165) is 29.8 Å². The number of phenols is 1. The number of aromatic hydroxyl groups is 1. The molecule has 0 heterocycles. The highest BCUT2D eigenvalue weighted by Gasteiger charge is 2.23. The van der Waals surface area contributed by atoms with Crippen LogP contribution in [-0.2, 0) is 13.0 Å². The van der Waals surface area contributed by atoms with Crippen molar-refractivity contribution in [1.82, 2.24) is 4.72 Å². The highest BCUT2D eigenvalue weighted by atomic mass is 32.2. The van der Waals surface area contributed by atoms with Gasteiger partial charge in [-0.2, -0.15) is 0 Å². The second-order valence-corrected chi connectivity index (χ2v) is 9.22. The Morgan fingerprint density at radius 1 is 1.14 bits per heavy atom. The van der Waals surface area contributed by atoms with E-state index in [1.165, 1.54) is 54.4 Å². The Hall–Kier alpha value is -1.71. The van der Waals surface area contributed by atoms with E-state index in [1.807, 2.05) is 6.07 Å². The van der Waals surface area contributed by atoms with E-state index < -0.39 is 0 Å². The highest BCUT2D eigenvalue weighted by molar-refractivity contribution is 7.97. The fraction of sp³-hybridized carbons (Fsp3) is 0.462. The zero-order valence-electron chi connectivity index (χ0n) is 18.1. The number of nitrogens with one attached hydrogen (secondary N) is 1. The number of phenolic OH excluding ortho intramolecular Hbond substituents is 1. The molecule has 156 valence electrons. The van der Waals surface area contributed by atoms with E-state index in [2.05, 4.69) is 61.9 Å². The number of benzene rings is 2. The molecule has 1 aliphatic carbocycles. The van der Waals surface area contributed by atoms with Gasteiger partial charge in [0.25, 0.3) is 0 Å². The number of allylic oxidation sites excluding steroid dienone is 2. The molecule has 1 atom stereocenters. The van der Waals surface area contributed by atoms with Crippen LogP contribution in [0.4, 0.5) is 0 Å². The van der Waals surface area contributed by atoms with E-state index >= 15 is 0 Å². The Morgan fingerprint density at radius 2 is 1.93 bits per heavy atom. The van der Waals surface area contributed by atoms with E-state index in [1.54, 1.807) is 11.9 Å². The average molecular weight is 410 g/mol. The summed E-state index contributed by atoms with van der Waals surface area (Å²) in [7, 11) is 0. The molecular formula is C26H35NOS. The van der Waals surface area contributed by atoms with Crippen LogP contribution in [0.3, 0.4) is 0 Å². The summed E-state index contributed by atoms with van der Waals surface area (Å²) in [5.41, 5.74) is 6.35. The molecule has 0 saturated heterocycles. The van der Waals surface area contributed by atoms with Gasteiger partial charge < -0.3 is 5.11 Å². The molecule has 29 heavy (non-hydrogen) atoms. The lowest BCUT2D eigenvalue weighted by Crippen LogP contribution is -2.09. The maximum absolute atomic E-state index is 11.4. The first-order valence-electron chi connectivity index (χ1n) is 11.1. The predicted molar refractivity (Wildman–Crippen MR) is 126 cm³/mol. The third-order valence-electron chi connectivity index (χ3n) is 5.86. The van der Waals surface area contributed by atoms with Gasteiger partial charge in [0.2, 0.25) is 0 Å². The van der Waals surface area contributed by atoms with Crippen molar-refractivity contribution in [3.05, 3.63) is 70.3 Å². The zero-order chi connectivity index (χ0) is 20.6. The van der Waals surface area contributed by atoms with Gasteiger partial charge in [-0.3, -0.25) is 4.72 Å². The molecule has 0 fully saturated rings. The average Bonchev–Trinajstić information content (AvgIpc) is 2.71. The topological polar surface area (TPSA) is 32.3 Å². The molecule has 2 N–H and O–H groups in total. The largest absolute Gasteiger partial charge is 0.506 e. The molecule has 1 unspecified atom stereocenters. The van der Waals surface area contributed by atoms with Gasteiger partial charge in [0, 0.05) is 18.0 Å². The molecule has 1 aliphatic rings. The van der Waals surface area contributed by atoms with Crippen LogP contribution in [-0.4, -0.2) is 5.11 Å². The fourth-order valence-electron chi connectivity index (χ4n) is 4.32. The molecule has 0 radical (unpaired) electrons. The lowest BCUT2D eigenvalue weighted by Gasteiger charge is -2.25. The Kier molecular flexibility index (Phi) is 8.26. The van der Waals surface area contributed by atoms with Gasteiger partial charge >= 0.3 is 0 Å². The minimum absolute atomic E-state index is 0.335. The molecule has 3 heteroatoms. The van der Waals surface area contributed by atoms with Gasteiger partial charge in [0.15, 0.2) is 0 Å². The summed E-state index contributed by atoms with van der Waals surface area (Å²) in [6, 6.07) is 12.8. The lowest BCUT2D eigenvalue weighted by atomic mass is 9.83. The van der Waals surface area contributed by atoms with Crippen molar-refractivity contribution in [2.75, 3.05) is 0 Å². The van der Waals surface area contributed by atoms with Gasteiger partial charge in [-0.25, -0.2) is 0 Å². The number of hydrogen-bond donors (Lipinski definition) is 2. The first kappa shape index (κ1) is 22.0. The van der Waals surface area contributed by atoms with E-state index in [-0.39, 0.29) is 0 Å². The Morgan fingerprint density at radius 3 is 2.66 bits per heavy atom. The molecule has 3 rings (SSSR count). The normalized spacial score (nSPS) is 16.7. The van der Waals surface area contributed by atoms with Gasteiger partial charge in [-0.05, 0) is 74.6 Å². The van der Waals surface area contributed by atoms with Crippen molar-refractivity contribution in [3.8, 4) is 5.75 Å². The summed E-state index contributed by atoms with van der Waals surface area (Å²) >= 11 is 1.59. The van der Waals surface area contributed by atoms with Crippen molar-refractivity contribution >= 4 is 11.9 Å². The van der Waals surface area contributed by atoms with Crippen LogP contribution < -0.4 is 4.72 Å². The summed E-state index contributed by atoms with van der Waals surface area (Å²) in [4.78, 5) is 1.02. The quantitative estimate of drug-likeness (QED) is 0.256. The summed E-state index contributed by atoms with van der Waals surface area (Å²) in [6.07, 6.45) is 10.5. The summed E-state index contributed by atoms with van der Waals surface area (Å²) < 4.78 is 3.49. The number of aryl methyl sites for hydroxylation is 2.